The van der Waals surface area contributed by atoms with Crippen molar-refractivity contribution in [2.45, 2.75) is 131 Å². The van der Waals surface area contributed by atoms with Gasteiger partial charge in [-0.2, -0.15) is 0 Å². The summed E-state index contributed by atoms with van der Waals surface area (Å²) in [6.45, 7) is 19.7. The van der Waals surface area contributed by atoms with Crippen LogP contribution in [0, 0.1) is 0 Å². The van der Waals surface area contributed by atoms with Crippen LogP contribution in [0.1, 0.15) is 106 Å². The normalized spacial score (nSPS) is 15.2. The Balaban J connectivity index is 3.97. The molecular formula is C24H46O5. The zero-order chi connectivity index (χ0) is 22.1. The fourth-order valence-electron chi connectivity index (χ4n) is 3.11. The van der Waals surface area contributed by atoms with Crippen LogP contribution in [0.3, 0.4) is 0 Å². The highest BCUT2D eigenvalue weighted by molar-refractivity contribution is 4.80. The molecule has 5 nitrogen and oxygen atoms in total. The second-order valence-corrected chi connectivity index (χ2v) is 7.81. The fourth-order valence-corrected chi connectivity index (χ4v) is 3.11. The summed E-state index contributed by atoms with van der Waals surface area (Å²) in [5.41, 5.74) is 0. The van der Waals surface area contributed by atoms with Crippen molar-refractivity contribution in [2.75, 3.05) is 0 Å². The highest BCUT2D eigenvalue weighted by Crippen LogP contribution is 2.16. The third-order valence-corrected chi connectivity index (χ3v) is 4.60. The molecule has 172 valence electrons. The zero-order valence-electron chi connectivity index (χ0n) is 19.8. The largest absolute Gasteiger partial charge is 0.436 e. The molecule has 0 saturated heterocycles. The second kappa shape index (κ2) is 17.6. The third-order valence-electron chi connectivity index (χ3n) is 4.60. The molecule has 0 aromatic heterocycles. The van der Waals surface area contributed by atoms with Gasteiger partial charge >= 0.3 is 0 Å². The van der Waals surface area contributed by atoms with Crippen LogP contribution in [0.25, 0.3) is 0 Å². The van der Waals surface area contributed by atoms with Crippen LogP contribution in [-0.4, -0.2) is 24.8 Å². The van der Waals surface area contributed by atoms with E-state index in [1.165, 1.54) is 51.4 Å². The lowest BCUT2D eigenvalue weighted by atomic mass is 10.1. The van der Waals surface area contributed by atoms with Crippen molar-refractivity contribution in [3.63, 3.8) is 0 Å². The average molecular weight is 415 g/mol. The van der Waals surface area contributed by atoms with Gasteiger partial charge in [-0.15, -0.1) is 0 Å². The smallest absolute Gasteiger partial charge is 0.281 e. The third kappa shape index (κ3) is 17.4. The molecule has 29 heavy (non-hydrogen) atoms. The molecular weight excluding hydrogens is 368 g/mol. The minimum absolute atomic E-state index is 0.0977. The van der Waals surface area contributed by atoms with Crippen molar-refractivity contribution in [1.82, 2.24) is 0 Å². The summed E-state index contributed by atoms with van der Waals surface area (Å²) in [5, 5.41) is 0. The van der Waals surface area contributed by atoms with Gasteiger partial charge in [0.25, 0.3) is 11.9 Å². The van der Waals surface area contributed by atoms with Gasteiger partial charge in [-0.3, -0.25) is 0 Å². The van der Waals surface area contributed by atoms with E-state index in [-0.39, 0.29) is 24.1 Å². The van der Waals surface area contributed by atoms with Gasteiger partial charge in [0, 0.05) is 0 Å². The van der Waals surface area contributed by atoms with Gasteiger partial charge in [-0.25, -0.2) is 0 Å². The molecule has 0 amide bonds. The molecule has 0 aromatic carbocycles. The second-order valence-electron chi connectivity index (χ2n) is 7.81. The Kier molecular flexibility index (Phi) is 16.9. The van der Waals surface area contributed by atoms with E-state index in [4.69, 9.17) is 23.7 Å². The number of unbranched alkanes of at least 4 members (excludes halogenated alkanes) is 6. The monoisotopic (exact) mass is 414 g/mol. The Morgan fingerprint density at radius 3 is 1.34 bits per heavy atom. The summed E-state index contributed by atoms with van der Waals surface area (Å²) in [6.07, 6.45) is 11.2. The summed E-state index contributed by atoms with van der Waals surface area (Å²) in [5.74, 6) is 0.195. The molecule has 4 unspecified atom stereocenters. The van der Waals surface area contributed by atoms with Crippen molar-refractivity contribution < 1.29 is 23.7 Å². The number of rotatable bonds is 20. The molecule has 0 bridgehead atoms. The van der Waals surface area contributed by atoms with Crippen LogP contribution in [0.15, 0.2) is 25.0 Å². The Morgan fingerprint density at radius 1 is 0.621 bits per heavy atom. The first-order valence-corrected chi connectivity index (χ1v) is 11.5. The number of hydrogen-bond donors (Lipinski definition) is 0. The van der Waals surface area contributed by atoms with Gasteiger partial charge in [0.2, 0.25) is 12.6 Å². The van der Waals surface area contributed by atoms with Crippen molar-refractivity contribution >= 4 is 0 Å². The molecule has 0 aromatic rings. The highest BCUT2D eigenvalue weighted by atomic mass is 16.8. The molecule has 0 fully saturated rings. The van der Waals surface area contributed by atoms with Gasteiger partial charge in [0.15, 0.2) is 0 Å². The maximum absolute atomic E-state index is 5.81. The molecule has 5 heteroatoms. The highest BCUT2D eigenvalue weighted by Gasteiger charge is 2.15. The van der Waals surface area contributed by atoms with Crippen LogP contribution in [0.2, 0.25) is 0 Å². The summed E-state index contributed by atoms with van der Waals surface area (Å²) >= 11 is 0. The number of ether oxygens (including phenoxy) is 5. The van der Waals surface area contributed by atoms with Crippen LogP contribution in [0.5, 0.6) is 0 Å². The lowest BCUT2D eigenvalue weighted by Crippen LogP contribution is -2.22. The summed E-state index contributed by atoms with van der Waals surface area (Å²) in [4.78, 5) is 0. The van der Waals surface area contributed by atoms with E-state index >= 15 is 0 Å². The van der Waals surface area contributed by atoms with Gasteiger partial charge in [-0.1, -0.05) is 65.2 Å². The van der Waals surface area contributed by atoms with Crippen molar-refractivity contribution in [2.24, 2.45) is 0 Å². The molecule has 0 N–H and O–H groups in total. The Morgan fingerprint density at radius 2 is 1.00 bits per heavy atom. The lowest BCUT2D eigenvalue weighted by Gasteiger charge is -2.23. The molecule has 0 aliphatic heterocycles. The fraction of sp³-hybridized carbons (Fsp3) is 0.833. The van der Waals surface area contributed by atoms with Crippen LogP contribution in [0.4, 0.5) is 0 Å². The Labute approximate surface area is 179 Å². The van der Waals surface area contributed by atoms with Crippen molar-refractivity contribution in [1.29, 1.82) is 0 Å². The first-order valence-electron chi connectivity index (χ1n) is 11.5. The van der Waals surface area contributed by atoms with Crippen LogP contribution in [-0.2, 0) is 23.7 Å². The molecule has 0 heterocycles. The standard InChI is InChI=1S/C24H46O5/c1-9-11-13-15-17-19(3)25-21(5)27-23(7)29-24(8)28-22(6)26-20(4)18-16-14-12-10-2/h19-22H,7-18H2,1-6H3. The molecule has 0 aliphatic carbocycles. The maximum atomic E-state index is 5.81. The van der Waals surface area contributed by atoms with Gasteiger partial charge in [0.05, 0.1) is 12.2 Å². The minimum atomic E-state index is -0.451. The van der Waals surface area contributed by atoms with E-state index in [9.17, 15) is 0 Å². The summed E-state index contributed by atoms with van der Waals surface area (Å²) in [6, 6.07) is 0. The quantitative estimate of drug-likeness (QED) is 0.118. The van der Waals surface area contributed by atoms with Crippen LogP contribution < -0.4 is 0 Å². The number of hydrogen-bond acceptors (Lipinski definition) is 5. The van der Waals surface area contributed by atoms with Crippen molar-refractivity contribution in [3.8, 4) is 0 Å². The van der Waals surface area contributed by atoms with Gasteiger partial charge in [-0.05, 0) is 53.7 Å². The van der Waals surface area contributed by atoms with Crippen molar-refractivity contribution in [3.05, 3.63) is 25.0 Å². The summed E-state index contributed by atoms with van der Waals surface area (Å²) < 4.78 is 28.1. The predicted octanol–water partition coefficient (Wildman–Crippen LogP) is 7.42. The topological polar surface area (TPSA) is 46.2 Å². The first-order chi connectivity index (χ1) is 13.8. The summed E-state index contributed by atoms with van der Waals surface area (Å²) in [7, 11) is 0. The minimum Gasteiger partial charge on any atom is -0.436 e. The van der Waals surface area contributed by atoms with Gasteiger partial charge in [0.1, 0.15) is 0 Å². The zero-order valence-corrected chi connectivity index (χ0v) is 19.8. The van der Waals surface area contributed by atoms with E-state index in [2.05, 4.69) is 40.9 Å². The van der Waals surface area contributed by atoms with E-state index in [1.54, 1.807) is 0 Å². The molecule has 0 aliphatic rings. The van der Waals surface area contributed by atoms with E-state index < -0.39 is 12.6 Å². The SMILES string of the molecule is C=C(OC(=C)OC(C)OC(C)CCCCCC)OC(C)OC(C)CCCCCC. The molecule has 4 atom stereocenters. The van der Waals surface area contributed by atoms with E-state index in [0.717, 1.165) is 12.8 Å². The predicted molar refractivity (Wildman–Crippen MR) is 119 cm³/mol. The van der Waals surface area contributed by atoms with Crippen LogP contribution >= 0.6 is 0 Å². The van der Waals surface area contributed by atoms with E-state index in [1.807, 2.05) is 13.8 Å². The van der Waals surface area contributed by atoms with E-state index in [0.29, 0.717) is 0 Å². The lowest BCUT2D eigenvalue weighted by molar-refractivity contribution is -0.187. The molecule has 0 rings (SSSR count). The van der Waals surface area contributed by atoms with Gasteiger partial charge < -0.3 is 23.7 Å². The molecule has 0 spiro atoms. The molecule has 0 saturated carbocycles. The molecule has 0 radical (unpaired) electrons. The Bertz CT molecular complexity index is 385. The average Bonchev–Trinajstić information content (AvgIpc) is 2.61. The Hall–Kier alpha value is -1.20. The first kappa shape index (κ1) is 27.8. The maximum Gasteiger partial charge on any atom is 0.281 e.